The van der Waals surface area contributed by atoms with Crippen molar-refractivity contribution in [3.8, 4) is 0 Å². The van der Waals surface area contributed by atoms with E-state index in [1.165, 1.54) is 0 Å². The number of likely N-dealkylation sites (tertiary alicyclic amines) is 1. The lowest BCUT2D eigenvalue weighted by Crippen LogP contribution is -2.30. The van der Waals surface area contributed by atoms with E-state index in [2.05, 4.69) is 15.9 Å². The van der Waals surface area contributed by atoms with Crippen molar-refractivity contribution in [1.82, 2.24) is 4.90 Å². The van der Waals surface area contributed by atoms with Gasteiger partial charge in [0.25, 0.3) is 5.91 Å². The van der Waals surface area contributed by atoms with Crippen molar-refractivity contribution >= 4 is 21.8 Å². The van der Waals surface area contributed by atoms with Crippen molar-refractivity contribution in [3.63, 3.8) is 0 Å². The maximum Gasteiger partial charge on any atom is 0.254 e. The van der Waals surface area contributed by atoms with Crippen LogP contribution in [0.3, 0.4) is 0 Å². The van der Waals surface area contributed by atoms with Crippen LogP contribution in [0, 0.1) is 6.92 Å². The molecule has 0 bridgehead atoms. The maximum atomic E-state index is 12.5. The molecule has 1 amide bonds. The highest BCUT2D eigenvalue weighted by molar-refractivity contribution is 9.10. The summed E-state index contributed by atoms with van der Waals surface area (Å²) in [4.78, 5) is 14.2. The highest BCUT2D eigenvalue weighted by Gasteiger charge is 2.35. The monoisotopic (exact) mass is 327 g/mol. The molecule has 2 atom stereocenters. The van der Waals surface area contributed by atoms with Gasteiger partial charge in [0.2, 0.25) is 0 Å². The summed E-state index contributed by atoms with van der Waals surface area (Å²) in [6.45, 7) is 3.11. The number of rotatable bonds is 3. The molecule has 1 aromatic rings. The summed E-state index contributed by atoms with van der Waals surface area (Å²) in [6, 6.07) is 5.73. The van der Waals surface area contributed by atoms with Gasteiger partial charge in [0.1, 0.15) is 12.2 Å². The fourth-order valence-corrected chi connectivity index (χ4v) is 3.01. The van der Waals surface area contributed by atoms with Crippen LogP contribution in [0.1, 0.15) is 15.9 Å². The number of hydrogen-bond donors (Lipinski definition) is 0. The predicted molar refractivity (Wildman–Crippen MR) is 76.4 cm³/mol. The van der Waals surface area contributed by atoms with E-state index < -0.39 is 0 Å². The van der Waals surface area contributed by atoms with Crippen LogP contribution < -0.4 is 0 Å². The lowest BCUT2D eigenvalue weighted by Gasteiger charge is -2.16. The molecule has 1 aromatic carbocycles. The van der Waals surface area contributed by atoms with Gasteiger partial charge in [-0.1, -0.05) is 15.9 Å². The highest BCUT2D eigenvalue weighted by Crippen LogP contribution is 2.21. The van der Waals surface area contributed by atoms with Crippen LogP contribution in [0.15, 0.2) is 22.7 Å². The number of nitrogens with zero attached hydrogens (tertiary/aromatic N) is 1. The Bertz CT molecular complexity index is 446. The van der Waals surface area contributed by atoms with Gasteiger partial charge in [-0.25, -0.2) is 0 Å². The van der Waals surface area contributed by atoms with E-state index in [4.69, 9.17) is 9.47 Å². The smallest absolute Gasteiger partial charge is 0.254 e. The standard InChI is InChI=1S/C14H18BrNO3/c1-9-4-10(6-11(15)5-9)14(17)16-7-12(18-2)13(8-16)19-3/h4-6,12-13H,7-8H2,1-3H3. The van der Waals surface area contributed by atoms with Gasteiger partial charge < -0.3 is 14.4 Å². The summed E-state index contributed by atoms with van der Waals surface area (Å²) < 4.78 is 11.6. The fourth-order valence-electron chi connectivity index (χ4n) is 2.40. The van der Waals surface area contributed by atoms with Crippen molar-refractivity contribution in [2.24, 2.45) is 0 Å². The number of aryl methyl sites for hydroxylation is 1. The third-order valence-corrected chi connectivity index (χ3v) is 3.85. The molecular weight excluding hydrogens is 310 g/mol. The quantitative estimate of drug-likeness (QED) is 0.854. The molecule has 1 aliphatic rings. The van der Waals surface area contributed by atoms with Gasteiger partial charge in [0.05, 0.1) is 0 Å². The van der Waals surface area contributed by atoms with Crippen molar-refractivity contribution < 1.29 is 14.3 Å². The molecule has 0 saturated carbocycles. The van der Waals surface area contributed by atoms with Crippen molar-refractivity contribution in [2.75, 3.05) is 27.3 Å². The van der Waals surface area contributed by atoms with Gasteiger partial charge in [-0.15, -0.1) is 0 Å². The van der Waals surface area contributed by atoms with E-state index in [-0.39, 0.29) is 18.1 Å². The average Bonchev–Trinajstić information content (AvgIpc) is 2.79. The van der Waals surface area contributed by atoms with E-state index in [9.17, 15) is 4.79 Å². The van der Waals surface area contributed by atoms with Gasteiger partial charge in [-0.2, -0.15) is 0 Å². The Kier molecular flexibility index (Phi) is 4.60. The summed E-state index contributed by atoms with van der Waals surface area (Å²) in [6.07, 6.45) is -0.107. The molecule has 1 fully saturated rings. The molecule has 0 N–H and O–H groups in total. The van der Waals surface area contributed by atoms with Crippen molar-refractivity contribution in [3.05, 3.63) is 33.8 Å². The number of halogens is 1. The molecule has 4 nitrogen and oxygen atoms in total. The van der Waals surface area contributed by atoms with E-state index in [0.717, 1.165) is 10.0 Å². The molecule has 2 unspecified atom stereocenters. The Morgan fingerprint density at radius 3 is 2.26 bits per heavy atom. The highest BCUT2D eigenvalue weighted by atomic mass is 79.9. The molecule has 104 valence electrons. The second kappa shape index (κ2) is 6.03. The zero-order valence-corrected chi connectivity index (χ0v) is 12.9. The van der Waals surface area contributed by atoms with Crippen LogP contribution in [0.5, 0.6) is 0 Å². The van der Waals surface area contributed by atoms with Crippen LogP contribution in [-0.4, -0.2) is 50.3 Å². The first kappa shape index (κ1) is 14.5. The topological polar surface area (TPSA) is 38.8 Å². The van der Waals surface area contributed by atoms with E-state index in [1.54, 1.807) is 19.1 Å². The first-order valence-electron chi connectivity index (χ1n) is 6.17. The Morgan fingerprint density at radius 2 is 1.79 bits per heavy atom. The molecule has 1 aliphatic heterocycles. The van der Waals surface area contributed by atoms with Crippen LogP contribution in [0.4, 0.5) is 0 Å². The second-order valence-electron chi connectivity index (χ2n) is 4.78. The van der Waals surface area contributed by atoms with Crippen LogP contribution in [0.2, 0.25) is 0 Å². The SMILES string of the molecule is COC1CN(C(=O)c2cc(C)cc(Br)c2)CC1OC. The summed E-state index contributed by atoms with van der Waals surface area (Å²) >= 11 is 3.42. The first-order chi connectivity index (χ1) is 9.05. The number of hydrogen-bond acceptors (Lipinski definition) is 3. The molecule has 0 aromatic heterocycles. The molecule has 2 rings (SSSR count). The van der Waals surface area contributed by atoms with Gasteiger partial charge >= 0.3 is 0 Å². The molecule has 1 heterocycles. The zero-order valence-electron chi connectivity index (χ0n) is 11.4. The van der Waals surface area contributed by atoms with Gasteiger partial charge in [0, 0.05) is 37.3 Å². The Balaban J connectivity index is 2.16. The third kappa shape index (κ3) is 3.16. The average molecular weight is 328 g/mol. The van der Waals surface area contributed by atoms with Gasteiger partial charge in [-0.3, -0.25) is 4.79 Å². The number of carbonyl (C=O) groups is 1. The first-order valence-corrected chi connectivity index (χ1v) is 6.96. The molecule has 5 heteroatoms. The molecule has 0 radical (unpaired) electrons. The molecule has 0 aliphatic carbocycles. The number of amides is 1. The van der Waals surface area contributed by atoms with E-state index in [0.29, 0.717) is 18.7 Å². The number of ether oxygens (including phenoxy) is 2. The normalized spacial score (nSPS) is 22.8. The Labute approximate surface area is 121 Å². The molecular formula is C14H18BrNO3. The zero-order chi connectivity index (χ0) is 14.0. The summed E-state index contributed by atoms with van der Waals surface area (Å²) in [7, 11) is 3.29. The second-order valence-corrected chi connectivity index (χ2v) is 5.69. The minimum absolute atomic E-state index is 0.0194. The van der Waals surface area contributed by atoms with E-state index >= 15 is 0 Å². The summed E-state index contributed by atoms with van der Waals surface area (Å²) in [5.74, 6) is 0.0194. The number of benzene rings is 1. The van der Waals surface area contributed by atoms with Gasteiger partial charge in [0.15, 0.2) is 0 Å². The Hall–Kier alpha value is -0.910. The Morgan fingerprint density at radius 1 is 1.21 bits per heavy atom. The fraction of sp³-hybridized carbons (Fsp3) is 0.500. The van der Waals surface area contributed by atoms with Crippen molar-refractivity contribution in [1.29, 1.82) is 0 Å². The predicted octanol–water partition coefficient (Wildman–Crippen LogP) is 2.24. The number of carbonyl (C=O) groups excluding carboxylic acids is 1. The summed E-state index contributed by atoms with van der Waals surface area (Å²) in [5.41, 5.74) is 1.75. The lowest BCUT2D eigenvalue weighted by atomic mass is 10.1. The van der Waals surface area contributed by atoms with Gasteiger partial charge in [-0.05, 0) is 30.7 Å². The van der Waals surface area contributed by atoms with Crippen LogP contribution >= 0.6 is 15.9 Å². The van der Waals surface area contributed by atoms with E-state index in [1.807, 2.05) is 25.1 Å². The minimum atomic E-state index is -0.0535. The maximum absolute atomic E-state index is 12.5. The summed E-state index contributed by atoms with van der Waals surface area (Å²) in [5, 5.41) is 0. The molecule has 0 spiro atoms. The molecule has 19 heavy (non-hydrogen) atoms. The minimum Gasteiger partial charge on any atom is -0.377 e. The number of methoxy groups -OCH3 is 2. The van der Waals surface area contributed by atoms with Crippen LogP contribution in [-0.2, 0) is 9.47 Å². The van der Waals surface area contributed by atoms with Crippen molar-refractivity contribution in [2.45, 2.75) is 19.1 Å². The van der Waals surface area contributed by atoms with Crippen LogP contribution in [0.25, 0.3) is 0 Å². The third-order valence-electron chi connectivity index (χ3n) is 3.40. The lowest BCUT2D eigenvalue weighted by molar-refractivity contribution is -0.00461. The molecule has 1 saturated heterocycles. The largest absolute Gasteiger partial charge is 0.377 e.